The molecule has 6 heteroatoms. The van der Waals surface area contributed by atoms with Crippen LogP contribution in [0.4, 0.5) is 10.6 Å². The predicted molar refractivity (Wildman–Crippen MR) is 63.6 cm³/mol. The van der Waals surface area contributed by atoms with E-state index < -0.39 is 6.09 Å². The van der Waals surface area contributed by atoms with Gasteiger partial charge < -0.3 is 15.8 Å². The minimum atomic E-state index is -0.781. The summed E-state index contributed by atoms with van der Waals surface area (Å²) in [5.74, 6) is 0.636. The summed E-state index contributed by atoms with van der Waals surface area (Å²) < 4.78 is 4.58. The first-order valence-corrected chi connectivity index (χ1v) is 5.13. The molecule has 0 aliphatic rings. The molecule has 1 heterocycles. The van der Waals surface area contributed by atoms with Gasteiger partial charge in [0.15, 0.2) is 0 Å². The average molecular weight is 232 g/mol. The summed E-state index contributed by atoms with van der Waals surface area (Å²) in [5, 5.41) is 2.99. The van der Waals surface area contributed by atoms with Gasteiger partial charge in [-0.3, -0.25) is 4.98 Å². The van der Waals surface area contributed by atoms with Crippen LogP contribution < -0.4 is 11.1 Å². The number of carbonyl (C=O) groups is 1. The Kier molecular flexibility index (Phi) is 3.34. The first-order valence-electron chi connectivity index (χ1n) is 5.13. The number of para-hydroxylation sites is 2. The van der Waals surface area contributed by atoms with Crippen LogP contribution in [0.1, 0.15) is 0 Å². The van der Waals surface area contributed by atoms with Crippen molar-refractivity contribution in [2.45, 2.75) is 0 Å². The molecule has 0 aliphatic heterocycles. The maximum absolute atomic E-state index is 10.3. The average Bonchev–Trinajstić information content (AvgIpc) is 2.34. The highest BCUT2D eigenvalue weighted by Gasteiger charge is 1.98. The number of nitrogens with two attached hydrogens (primary N) is 1. The highest BCUT2D eigenvalue weighted by atomic mass is 16.5. The van der Waals surface area contributed by atoms with E-state index in [1.165, 1.54) is 0 Å². The number of ether oxygens (including phenoxy) is 1. The molecule has 0 atom stereocenters. The second-order valence-corrected chi connectivity index (χ2v) is 3.34. The smallest absolute Gasteiger partial charge is 0.404 e. The fourth-order valence-electron chi connectivity index (χ4n) is 1.37. The molecule has 0 saturated carbocycles. The van der Waals surface area contributed by atoms with Crippen molar-refractivity contribution in [2.24, 2.45) is 5.73 Å². The van der Waals surface area contributed by atoms with Crippen LogP contribution in [-0.2, 0) is 4.74 Å². The Morgan fingerprint density at radius 3 is 2.88 bits per heavy atom. The Morgan fingerprint density at radius 1 is 1.35 bits per heavy atom. The van der Waals surface area contributed by atoms with Crippen LogP contribution in [0.25, 0.3) is 11.0 Å². The molecular weight excluding hydrogens is 220 g/mol. The topological polar surface area (TPSA) is 90.1 Å². The second-order valence-electron chi connectivity index (χ2n) is 3.34. The molecule has 1 aromatic carbocycles. The lowest BCUT2D eigenvalue weighted by atomic mass is 10.3. The van der Waals surface area contributed by atoms with Crippen molar-refractivity contribution in [3.8, 4) is 0 Å². The summed E-state index contributed by atoms with van der Waals surface area (Å²) in [7, 11) is 0. The molecule has 0 radical (unpaired) electrons. The van der Waals surface area contributed by atoms with Crippen molar-refractivity contribution >= 4 is 22.9 Å². The lowest BCUT2D eigenvalue weighted by molar-refractivity contribution is 0.161. The number of anilines is 1. The highest BCUT2D eigenvalue weighted by molar-refractivity contribution is 5.75. The Bertz CT molecular complexity index is 530. The zero-order valence-electron chi connectivity index (χ0n) is 9.09. The fraction of sp³-hybridized carbons (Fsp3) is 0.182. The summed E-state index contributed by atoms with van der Waals surface area (Å²) in [6, 6.07) is 7.58. The molecule has 17 heavy (non-hydrogen) atoms. The molecule has 88 valence electrons. The van der Waals surface area contributed by atoms with Crippen LogP contribution in [0.2, 0.25) is 0 Å². The van der Waals surface area contributed by atoms with E-state index in [1.807, 2.05) is 24.3 Å². The van der Waals surface area contributed by atoms with E-state index in [9.17, 15) is 4.79 Å². The van der Waals surface area contributed by atoms with Crippen molar-refractivity contribution < 1.29 is 9.53 Å². The van der Waals surface area contributed by atoms with Crippen LogP contribution in [0.3, 0.4) is 0 Å². The third-order valence-electron chi connectivity index (χ3n) is 2.10. The number of rotatable bonds is 4. The summed E-state index contributed by atoms with van der Waals surface area (Å²) in [4.78, 5) is 18.9. The quantitative estimate of drug-likeness (QED) is 0.771. The van der Waals surface area contributed by atoms with Gasteiger partial charge in [0.2, 0.25) is 0 Å². The van der Waals surface area contributed by atoms with Gasteiger partial charge >= 0.3 is 6.09 Å². The van der Waals surface area contributed by atoms with Gasteiger partial charge in [-0.05, 0) is 12.1 Å². The van der Waals surface area contributed by atoms with Crippen molar-refractivity contribution in [3.05, 3.63) is 30.5 Å². The number of amides is 1. The van der Waals surface area contributed by atoms with E-state index in [2.05, 4.69) is 20.0 Å². The van der Waals surface area contributed by atoms with E-state index >= 15 is 0 Å². The van der Waals surface area contributed by atoms with E-state index in [-0.39, 0.29) is 6.61 Å². The van der Waals surface area contributed by atoms with Crippen LogP contribution >= 0.6 is 0 Å². The predicted octanol–water partition coefficient (Wildman–Crippen LogP) is 1.14. The molecule has 3 N–H and O–H groups in total. The molecule has 2 rings (SSSR count). The molecule has 0 spiro atoms. The number of benzene rings is 1. The number of hydrogen-bond donors (Lipinski definition) is 2. The summed E-state index contributed by atoms with van der Waals surface area (Å²) in [6.07, 6.45) is 0.850. The minimum Gasteiger partial charge on any atom is -0.448 e. The second kappa shape index (κ2) is 5.11. The van der Waals surface area contributed by atoms with Crippen molar-refractivity contribution in [2.75, 3.05) is 18.5 Å². The van der Waals surface area contributed by atoms with Gasteiger partial charge in [-0.25, -0.2) is 9.78 Å². The largest absolute Gasteiger partial charge is 0.448 e. The molecule has 0 fully saturated rings. The van der Waals surface area contributed by atoms with E-state index in [4.69, 9.17) is 5.73 Å². The number of nitrogens with zero attached hydrogens (tertiary/aromatic N) is 2. The number of aromatic nitrogens is 2. The highest BCUT2D eigenvalue weighted by Crippen LogP contribution is 2.10. The summed E-state index contributed by atoms with van der Waals surface area (Å²) >= 11 is 0. The molecule has 1 aromatic heterocycles. The Balaban J connectivity index is 1.97. The molecule has 6 nitrogen and oxygen atoms in total. The number of carbonyl (C=O) groups excluding carboxylic acids is 1. The first kappa shape index (κ1) is 11.1. The van der Waals surface area contributed by atoms with Crippen molar-refractivity contribution in [1.82, 2.24) is 9.97 Å². The Hall–Kier alpha value is -2.37. The molecule has 0 unspecified atom stereocenters. The normalized spacial score (nSPS) is 10.1. The number of nitrogens with one attached hydrogen (secondary N) is 1. The summed E-state index contributed by atoms with van der Waals surface area (Å²) in [5.41, 5.74) is 6.48. The van der Waals surface area contributed by atoms with Crippen LogP contribution in [0.15, 0.2) is 30.5 Å². The van der Waals surface area contributed by atoms with E-state index in [0.717, 1.165) is 11.0 Å². The zero-order valence-corrected chi connectivity index (χ0v) is 9.09. The Morgan fingerprint density at radius 2 is 2.12 bits per heavy atom. The van der Waals surface area contributed by atoms with Gasteiger partial charge in [-0.1, -0.05) is 12.1 Å². The first-order chi connectivity index (χ1) is 8.25. The molecule has 0 aliphatic carbocycles. The van der Waals surface area contributed by atoms with Gasteiger partial charge in [0.05, 0.1) is 23.8 Å². The van der Waals surface area contributed by atoms with E-state index in [1.54, 1.807) is 6.20 Å². The molecular formula is C11H12N4O2. The van der Waals surface area contributed by atoms with Crippen LogP contribution in [-0.4, -0.2) is 29.2 Å². The van der Waals surface area contributed by atoms with Crippen LogP contribution in [0, 0.1) is 0 Å². The monoisotopic (exact) mass is 232 g/mol. The maximum Gasteiger partial charge on any atom is 0.404 e. The summed E-state index contributed by atoms with van der Waals surface area (Å²) in [6.45, 7) is 0.639. The SMILES string of the molecule is NC(=O)OCCNc1cnc2ccccc2n1. The zero-order chi connectivity index (χ0) is 12.1. The molecule has 0 saturated heterocycles. The third kappa shape index (κ3) is 3.04. The maximum atomic E-state index is 10.3. The minimum absolute atomic E-state index is 0.198. The van der Waals surface area contributed by atoms with Gasteiger partial charge in [0.1, 0.15) is 12.4 Å². The van der Waals surface area contributed by atoms with Gasteiger partial charge in [-0.15, -0.1) is 0 Å². The number of fused-ring (bicyclic) bond motifs is 1. The standard InChI is InChI=1S/C11H12N4O2/c12-11(16)17-6-5-13-10-7-14-8-3-1-2-4-9(8)15-10/h1-4,7H,5-6H2,(H2,12,16)(H,13,15). The molecule has 1 amide bonds. The van der Waals surface area contributed by atoms with Gasteiger partial charge in [0.25, 0.3) is 0 Å². The van der Waals surface area contributed by atoms with Crippen molar-refractivity contribution in [1.29, 1.82) is 0 Å². The van der Waals surface area contributed by atoms with Crippen LogP contribution in [0.5, 0.6) is 0 Å². The van der Waals surface area contributed by atoms with Gasteiger partial charge in [0, 0.05) is 0 Å². The molecule has 2 aromatic rings. The fourth-order valence-corrected chi connectivity index (χ4v) is 1.37. The lowest BCUT2D eigenvalue weighted by Gasteiger charge is -2.05. The van der Waals surface area contributed by atoms with Gasteiger partial charge in [-0.2, -0.15) is 0 Å². The molecule has 0 bridgehead atoms. The number of primary amides is 1. The van der Waals surface area contributed by atoms with E-state index in [0.29, 0.717) is 12.4 Å². The Labute approximate surface area is 97.8 Å². The lowest BCUT2D eigenvalue weighted by Crippen LogP contribution is -2.18. The van der Waals surface area contributed by atoms with Crippen molar-refractivity contribution in [3.63, 3.8) is 0 Å². The number of hydrogen-bond acceptors (Lipinski definition) is 5. The third-order valence-corrected chi connectivity index (χ3v) is 2.10.